The average Bonchev–Trinajstić information content (AvgIpc) is 2.54. The highest BCUT2D eigenvalue weighted by molar-refractivity contribution is 5.22. The van der Waals surface area contributed by atoms with Crippen LogP contribution in [-0.4, -0.2) is 0 Å². The molecule has 1 aromatic rings. The van der Waals surface area contributed by atoms with Crippen LogP contribution in [0.1, 0.15) is 69.3 Å². The lowest BCUT2D eigenvalue weighted by Crippen LogP contribution is -2.13. The molecule has 0 saturated heterocycles. The Morgan fingerprint density at radius 3 is 2.41 bits per heavy atom. The molecule has 0 bridgehead atoms. The van der Waals surface area contributed by atoms with Crippen LogP contribution < -0.4 is 0 Å². The van der Waals surface area contributed by atoms with Gasteiger partial charge in [0.15, 0.2) is 11.6 Å². The van der Waals surface area contributed by atoms with Crippen molar-refractivity contribution in [3.05, 3.63) is 47.8 Å². The Hall–Kier alpha value is -1.25. The third-order valence-electron chi connectivity index (χ3n) is 4.83. The first-order valence-electron chi connectivity index (χ1n) is 8.41. The Kier molecular flexibility index (Phi) is 7.01. The molecule has 3 heteroatoms. The van der Waals surface area contributed by atoms with Crippen LogP contribution in [-0.2, 0) is 0 Å². The summed E-state index contributed by atoms with van der Waals surface area (Å²) < 4.78 is 38.1. The van der Waals surface area contributed by atoms with Gasteiger partial charge in [-0.3, -0.25) is 0 Å². The lowest BCUT2D eigenvalue weighted by Gasteiger charge is -2.29. The predicted molar refractivity (Wildman–Crippen MR) is 84.4 cm³/mol. The van der Waals surface area contributed by atoms with Crippen molar-refractivity contribution in [1.29, 1.82) is 0 Å². The van der Waals surface area contributed by atoms with E-state index in [1.807, 2.05) is 0 Å². The first-order valence-corrected chi connectivity index (χ1v) is 8.41. The zero-order valence-electron chi connectivity index (χ0n) is 13.0. The van der Waals surface area contributed by atoms with E-state index in [0.717, 1.165) is 43.6 Å². The van der Waals surface area contributed by atoms with Crippen molar-refractivity contribution in [1.82, 2.24) is 0 Å². The molecule has 1 aliphatic rings. The van der Waals surface area contributed by atoms with E-state index in [2.05, 4.69) is 0 Å². The Morgan fingerprint density at radius 1 is 0.955 bits per heavy atom. The largest absolute Gasteiger partial charge is 0.216 e. The van der Waals surface area contributed by atoms with Crippen molar-refractivity contribution >= 4 is 0 Å². The Balaban J connectivity index is 1.68. The van der Waals surface area contributed by atoms with Crippen molar-refractivity contribution in [2.75, 3.05) is 0 Å². The molecule has 0 aliphatic heterocycles. The summed E-state index contributed by atoms with van der Waals surface area (Å²) in [4.78, 5) is 0. The molecule has 1 aromatic carbocycles. The van der Waals surface area contributed by atoms with E-state index < -0.39 is 11.6 Å². The molecule has 0 heterocycles. The third kappa shape index (κ3) is 5.19. The Labute approximate surface area is 131 Å². The van der Waals surface area contributed by atoms with Crippen LogP contribution >= 0.6 is 0 Å². The lowest BCUT2D eigenvalue weighted by molar-refractivity contribution is 0.302. The zero-order chi connectivity index (χ0) is 15.8. The van der Waals surface area contributed by atoms with E-state index in [4.69, 9.17) is 0 Å². The van der Waals surface area contributed by atoms with Crippen LogP contribution in [0.25, 0.3) is 0 Å². The highest BCUT2D eigenvalue weighted by Crippen LogP contribution is 2.38. The number of hydrogen-bond donors (Lipinski definition) is 0. The molecule has 0 radical (unpaired) electrons. The molecule has 0 spiro atoms. The molecule has 0 aromatic heterocycles. The van der Waals surface area contributed by atoms with E-state index in [1.165, 1.54) is 37.8 Å². The number of unbranched alkanes of at least 4 members (excludes halogenated alkanes) is 3. The van der Waals surface area contributed by atoms with Crippen molar-refractivity contribution in [3.8, 4) is 0 Å². The minimum Gasteiger partial charge on any atom is -0.216 e. The van der Waals surface area contributed by atoms with Crippen molar-refractivity contribution < 1.29 is 13.2 Å². The van der Waals surface area contributed by atoms with Crippen molar-refractivity contribution in [3.63, 3.8) is 0 Å². The molecule has 0 nitrogen and oxygen atoms in total. The molecular formula is C19H25F3. The van der Waals surface area contributed by atoms with Gasteiger partial charge >= 0.3 is 0 Å². The maximum absolute atomic E-state index is 13.3. The Morgan fingerprint density at radius 2 is 1.73 bits per heavy atom. The summed E-state index contributed by atoms with van der Waals surface area (Å²) in [6, 6.07) is 4.32. The van der Waals surface area contributed by atoms with Gasteiger partial charge in [-0.15, -0.1) is 0 Å². The summed E-state index contributed by atoms with van der Waals surface area (Å²) in [5, 5.41) is 0. The average molecular weight is 310 g/mol. The summed E-state index contributed by atoms with van der Waals surface area (Å²) in [6.07, 6.45) is 12.2. The summed E-state index contributed by atoms with van der Waals surface area (Å²) >= 11 is 0. The summed E-state index contributed by atoms with van der Waals surface area (Å²) in [5.41, 5.74) is 0.940. The second-order valence-electron chi connectivity index (χ2n) is 6.39. The number of allylic oxidation sites excluding steroid dienone is 1. The van der Waals surface area contributed by atoms with Gasteiger partial charge in [-0.2, -0.15) is 0 Å². The summed E-state index contributed by atoms with van der Waals surface area (Å²) in [6.45, 7) is 0. The highest BCUT2D eigenvalue weighted by Gasteiger charge is 2.22. The van der Waals surface area contributed by atoms with E-state index in [9.17, 15) is 13.2 Å². The summed E-state index contributed by atoms with van der Waals surface area (Å²) in [5.74, 6) is -0.360. The van der Waals surface area contributed by atoms with Crippen LogP contribution in [0.3, 0.4) is 0 Å². The molecule has 0 N–H and O–H groups in total. The maximum atomic E-state index is 13.3. The fraction of sp³-hybridized carbons (Fsp3) is 0.579. The number of benzene rings is 1. The topological polar surface area (TPSA) is 0 Å². The van der Waals surface area contributed by atoms with E-state index >= 15 is 0 Å². The monoisotopic (exact) mass is 310 g/mol. The summed E-state index contributed by atoms with van der Waals surface area (Å²) in [7, 11) is 0. The first kappa shape index (κ1) is 17.1. The molecule has 1 aliphatic carbocycles. The SMILES string of the molecule is FC=CCCCCC[C@H]1CC[C@H](c2ccc(F)c(F)c2)CC1. The minimum atomic E-state index is -0.764. The number of hydrogen-bond acceptors (Lipinski definition) is 0. The van der Waals surface area contributed by atoms with Crippen LogP contribution in [0.2, 0.25) is 0 Å². The standard InChI is InChI=1S/C19H25F3/c20-13-5-3-1-2-4-6-15-7-9-16(10-8-15)17-11-12-18(21)19(22)14-17/h5,11-16H,1-4,6-10H2/t15-,16-. The quantitative estimate of drug-likeness (QED) is 0.493. The smallest absolute Gasteiger partial charge is 0.159 e. The highest BCUT2D eigenvalue weighted by atomic mass is 19.2. The van der Waals surface area contributed by atoms with Gasteiger partial charge in [0, 0.05) is 0 Å². The number of halogens is 3. The third-order valence-corrected chi connectivity index (χ3v) is 4.83. The molecule has 0 amide bonds. The molecule has 2 rings (SSSR count). The van der Waals surface area contributed by atoms with Crippen LogP contribution in [0.15, 0.2) is 30.6 Å². The van der Waals surface area contributed by atoms with Gasteiger partial charge in [-0.1, -0.05) is 31.4 Å². The molecule has 0 unspecified atom stereocenters. The predicted octanol–water partition coefficient (Wildman–Crippen LogP) is 6.67. The second-order valence-corrected chi connectivity index (χ2v) is 6.39. The molecule has 1 saturated carbocycles. The number of rotatable bonds is 7. The van der Waals surface area contributed by atoms with Gasteiger partial charge < -0.3 is 0 Å². The van der Waals surface area contributed by atoms with Crippen molar-refractivity contribution in [2.24, 2.45) is 5.92 Å². The first-order chi connectivity index (χ1) is 10.7. The molecule has 22 heavy (non-hydrogen) atoms. The van der Waals surface area contributed by atoms with Gasteiger partial charge in [-0.25, -0.2) is 13.2 Å². The van der Waals surface area contributed by atoms with Crippen LogP contribution in [0, 0.1) is 17.6 Å². The van der Waals surface area contributed by atoms with E-state index in [0.29, 0.717) is 12.2 Å². The second kappa shape index (κ2) is 9.02. The molecule has 0 atom stereocenters. The maximum Gasteiger partial charge on any atom is 0.159 e. The minimum absolute atomic E-state index is 0.376. The van der Waals surface area contributed by atoms with Crippen LogP contribution in [0.4, 0.5) is 13.2 Å². The van der Waals surface area contributed by atoms with Crippen LogP contribution in [0.5, 0.6) is 0 Å². The molecular weight excluding hydrogens is 285 g/mol. The van der Waals surface area contributed by atoms with E-state index in [-0.39, 0.29) is 0 Å². The van der Waals surface area contributed by atoms with Gasteiger partial charge in [0.25, 0.3) is 0 Å². The normalized spacial score (nSPS) is 22.3. The fourth-order valence-electron chi connectivity index (χ4n) is 3.49. The van der Waals surface area contributed by atoms with Gasteiger partial charge in [0.2, 0.25) is 0 Å². The lowest BCUT2D eigenvalue weighted by atomic mass is 9.77. The fourth-order valence-corrected chi connectivity index (χ4v) is 3.49. The molecule has 1 fully saturated rings. The zero-order valence-corrected chi connectivity index (χ0v) is 13.0. The van der Waals surface area contributed by atoms with Gasteiger partial charge in [-0.05, 0) is 68.1 Å². The van der Waals surface area contributed by atoms with Gasteiger partial charge in [0.05, 0.1) is 6.33 Å². The van der Waals surface area contributed by atoms with Crippen molar-refractivity contribution in [2.45, 2.75) is 63.7 Å². The van der Waals surface area contributed by atoms with Gasteiger partial charge in [0.1, 0.15) is 0 Å². The Bertz CT molecular complexity index is 474. The van der Waals surface area contributed by atoms with E-state index in [1.54, 1.807) is 12.1 Å². The molecule has 122 valence electrons.